The smallest absolute Gasteiger partial charge is 0.308 e. The van der Waals surface area contributed by atoms with Crippen LogP contribution < -0.4 is 10.6 Å². The van der Waals surface area contributed by atoms with E-state index < -0.39 is 29.6 Å². The number of para-hydroxylation sites is 1. The predicted octanol–water partition coefficient (Wildman–Crippen LogP) is 3.42. The van der Waals surface area contributed by atoms with Crippen molar-refractivity contribution in [3.8, 4) is 0 Å². The summed E-state index contributed by atoms with van der Waals surface area (Å²) in [6.07, 6.45) is -0.297. The Balaban J connectivity index is 2.23. The Morgan fingerprint density at radius 1 is 1.09 bits per heavy atom. The van der Waals surface area contributed by atoms with Gasteiger partial charge in [0.25, 0.3) is 5.91 Å². The number of nitrogens with one attached hydrogen (secondary N) is 2. The molecule has 186 valence electrons. The minimum absolute atomic E-state index is 0.0332. The molecule has 1 unspecified atom stereocenters. The van der Waals surface area contributed by atoms with Crippen molar-refractivity contribution in [2.75, 3.05) is 5.33 Å². The van der Waals surface area contributed by atoms with Crippen LogP contribution in [0.2, 0.25) is 0 Å². The lowest BCUT2D eigenvalue weighted by Gasteiger charge is -2.26. The van der Waals surface area contributed by atoms with Crippen molar-refractivity contribution in [3.05, 3.63) is 35.5 Å². The first-order valence-electron chi connectivity index (χ1n) is 11.2. The van der Waals surface area contributed by atoms with Crippen molar-refractivity contribution in [1.82, 2.24) is 15.2 Å². The van der Waals surface area contributed by atoms with E-state index >= 15 is 0 Å². The number of hydrogen-bond donors (Lipinski definition) is 2. The first-order chi connectivity index (χ1) is 15.8. The van der Waals surface area contributed by atoms with Crippen molar-refractivity contribution >= 4 is 50.4 Å². The summed E-state index contributed by atoms with van der Waals surface area (Å²) >= 11 is 3.10. The van der Waals surface area contributed by atoms with Gasteiger partial charge in [0.1, 0.15) is 17.3 Å². The van der Waals surface area contributed by atoms with Crippen LogP contribution in [0.15, 0.2) is 24.3 Å². The molecule has 0 bridgehead atoms. The molecule has 0 saturated heterocycles. The molecular weight excluding hydrogens is 502 g/mol. The van der Waals surface area contributed by atoms with Crippen LogP contribution in [-0.2, 0) is 26.2 Å². The fourth-order valence-corrected chi connectivity index (χ4v) is 4.19. The number of carbonyl (C=O) groups is 4. The van der Waals surface area contributed by atoms with Crippen LogP contribution in [0.1, 0.15) is 57.1 Å². The second kappa shape index (κ2) is 11.2. The van der Waals surface area contributed by atoms with Gasteiger partial charge in [-0.25, -0.2) is 0 Å². The maximum absolute atomic E-state index is 13.2. The highest BCUT2D eigenvalue weighted by Gasteiger charge is 2.32. The topological polar surface area (TPSA) is 107 Å². The Labute approximate surface area is 208 Å². The number of Topliss-reactive ketones (excluding diaryl/α,β-unsaturated/α-hetero) is 1. The number of aromatic nitrogens is 1. The van der Waals surface area contributed by atoms with Gasteiger partial charge in [-0.05, 0) is 45.2 Å². The van der Waals surface area contributed by atoms with Crippen LogP contribution in [0.3, 0.4) is 0 Å². The lowest BCUT2D eigenvalue weighted by molar-refractivity contribution is -0.156. The molecule has 0 aliphatic heterocycles. The van der Waals surface area contributed by atoms with E-state index in [9.17, 15) is 19.2 Å². The maximum atomic E-state index is 13.2. The molecule has 1 aromatic heterocycles. The summed E-state index contributed by atoms with van der Waals surface area (Å²) in [5.41, 5.74) is 1.47. The van der Waals surface area contributed by atoms with Gasteiger partial charge in [0.15, 0.2) is 5.78 Å². The van der Waals surface area contributed by atoms with Gasteiger partial charge >= 0.3 is 5.97 Å². The van der Waals surface area contributed by atoms with Crippen LogP contribution in [0, 0.1) is 12.8 Å². The first kappa shape index (κ1) is 27.6. The zero-order valence-corrected chi connectivity index (χ0v) is 22.4. The molecule has 8 nitrogen and oxygen atoms in total. The van der Waals surface area contributed by atoms with E-state index in [2.05, 4.69) is 26.6 Å². The van der Waals surface area contributed by atoms with Crippen LogP contribution in [0.25, 0.3) is 10.9 Å². The molecule has 2 N–H and O–H groups in total. The third-order valence-electron chi connectivity index (χ3n) is 5.44. The van der Waals surface area contributed by atoms with Gasteiger partial charge in [-0.3, -0.25) is 19.2 Å². The quantitative estimate of drug-likeness (QED) is 0.378. The Bertz CT molecular complexity index is 1050. The Morgan fingerprint density at radius 3 is 2.24 bits per heavy atom. The monoisotopic (exact) mass is 535 g/mol. The van der Waals surface area contributed by atoms with Gasteiger partial charge in [0.2, 0.25) is 5.91 Å². The molecule has 2 amide bonds. The molecule has 2 rings (SSSR count). The molecule has 1 aromatic carbocycles. The van der Waals surface area contributed by atoms with Crippen molar-refractivity contribution in [3.63, 3.8) is 0 Å². The number of rotatable bonds is 9. The van der Waals surface area contributed by atoms with E-state index in [0.29, 0.717) is 5.69 Å². The molecule has 0 radical (unpaired) electrons. The summed E-state index contributed by atoms with van der Waals surface area (Å²) in [6, 6.07) is 5.71. The second-order valence-corrected chi connectivity index (χ2v) is 10.3. The molecule has 2 atom stereocenters. The van der Waals surface area contributed by atoms with Crippen LogP contribution in [0.5, 0.6) is 0 Å². The number of carbonyl (C=O) groups excluding carboxylic acids is 4. The summed E-state index contributed by atoms with van der Waals surface area (Å²) in [7, 11) is 1.81. The Hall–Kier alpha value is -2.68. The van der Waals surface area contributed by atoms with Crippen molar-refractivity contribution in [2.45, 2.75) is 65.6 Å². The summed E-state index contributed by atoms with van der Waals surface area (Å²) in [5, 5.41) is 6.38. The summed E-state index contributed by atoms with van der Waals surface area (Å²) in [4.78, 5) is 51.1. The molecule has 34 heavy (non-hydrogen) atoms. The highest BCUT2D eigenvalue weighted by atomic mass is 79.9. The zero-order valence-electron chi connectivity index (χ0n) is 20.8. The van der Waals surface area contributed by atoms with Gasteiger partial charge in [-0.2, -0.15) is 0 Å². The van der Waals surface area contributed by atoms with Gasteiger partial charge in [-0.15, -0.1) is 0 Å². The SMILES string of the molecule is Cc1c(C(=O)N[C@H](C(=O)NC(CC(=O)OC(C)(C)C)C(=O)CBr)C(C)C)n(C)c2ccccc12. The van der Waals surface area contributed by atoms with Crippen LogP contribution in [-0.4, -0.2) is 51.1 Å². The minimum Gasteiger partial charge on any atom is -0.460 e. The van der Waals surface area contributed by atoms with Gasteiger partial charge in [0, 0.05) is 18.0 Å². The molecule has 0 fully saturated rings. The number of fused-ring (bicyclic) bond motifs is 1. The van der Waals surface area contributed by atoms with Crippen LogP contribution in [0.4, 0.5) is 0 Å². The van der Waals surface area contributed by atoms with E-state index in [1.165, 1.54) is 0 Å². The largest absolute Gasteiger partial charge is 0.460 e. The van der Waals surface area contributed by atoms with Gasteiger partial charge < -0.3 is 19.9 Å². The third-order valence-corrected chi connectivity index (χ3v) is 5.99. The molecule has 0 aliphatic carbocycles. The van der Waals surface area contributed by atoms with E-state index in [1.807, 2.05) is 31.2 Å². The molecule has 2 aromatic rings. The number of hydrogen-bond acceptors (Lipinski definition) is 5. The number of halogens is 1. The average Bonchev–Trinajstić information content (AvgIpc) is 2.99. The zero-order chi connectivity index (χ0) is 25.8. The number of ether oxygens (including phenoxy) is 1. The number of ketones is 1. The number of amides is 2. The van der Waals surface area contributed by atoms with Crippen LogP contribution >= 0.6 is 15.9 Å². The van der Waals surface area contributed by atoms with E-state index in [0.717, 1.165) is 16.5 Å². The Morgan fingerprint density at radius 2 is 1.71 bits per heavy atom. The highest BCUT2D eigenvalue weighted by molar-refractivity contribution is 9.09. The Kier molecular flexibility index (Phi) is 9.05. The number of esters is 1. The third kappa shape index (κ3) is 6.68. The lowest BCUT2D eigenvalue weighted by atomic mass is 10.0. The van der Waals surface area contributed by atoms with Gasteiger partial charge in [-0.1, -0.05) is 48.0 Å². The number of alkyl halides is 1. The first-order valence-corrected chi connectivity index (χ1v) is 12.3. The number of aryl methyl sites for hydroxylation is 2. The van der Waals surface area contributed by atoms with Crippen molar-refractivity contribution in [1.29, 1.82) is 0 Å². The molecule has 1 heterocycles. The normalized spacial score (nSPS) is 13.4. The van der Waals surface area contributed by atoms with E-state index in [-0.39, 0.29) is 29.4 Å². The molecular formula is C25H34BrN3O5. The predicted molar refractivity (Wildman–Crippen MR) is 135 cm³/mol. The molecule has 9 heteroatoms. The molecule has 0 spiro atoms. The highest BCUT2D eigenvalue weighted by Crippen LogP contribution is 2.24. The lowest BCUT2D eigenvalue weighted by Crippen LogP contribution is -2.54. The number of benzene rings is 1. The molecule has 0 saturated carbocycles. The standard InChI is InChI=1S/C25H34BrN3O5/c1-14(2)21(23(32)27-17(19(30)13-26)12-20(31)34-25(4,5)6)28-24(33)22-15(3)16-10-8-9-11-18(16)29(22)7/h8-11,14,17,21H,12-13H2,1-7H3,(H,27,32)(H,28,33)/t17?,21-/m0/s1. The van der Waals surface area contributed by atoms with Gasteiger partial charge in [0.05, 0.1) is 17.8 Å². The fourth-order valence-electron chi connectivity index (χ4n) is 3.80. The minimum atomic E-state index is -1.07. The van der Waals surface area contributed by atoms with Crippen molar-refractivity contribution < 1.29 is 23.9 Å². The van der Waals surface area contributed by atoms with Crippen molar-refractivity contribution in [2.24, 2.45) is 13.0 Å². The summed E-state index contributed by atoms with van der Waals surface area (Å²) < 4.78 is 7.10. The second-order valence-electron chi connectivity index (χ2n) is 9.70. The maximum Gasteiger partial charge on any atom is 0.308 e. The average molecular weight is 536 g/mol. The molecule has 0 aliphatic rings. The summed E-state index contributed by atoms with van der Waals surface area (Å²) in [6.45, 7) is 10.6. The summed E-state index contributed by atoms with van der Waals surface area (Å²) in [5.74, 6) is -2.15. The van der Waals surface area contributed by atoms with E-state index in [1.54, 1.807) is 46.2 Å². The fraction of sp³-hybridized carbons (Fsp3) is 0.520. The number of nitrogens with zero attached hydrogens (tertiary/aromatic N) is 1. The van der Waals surface area contributed by atoms with E-state index in [4.69, 9.17) is 4.74 Å².